The SMILES string of the molecule is Cc1cccc(-n2c(C)cc(/C=N\NC(=O)[C@H](C#N)c3ccccc3)c2C)c1C. The van der Waals surface area contributed by atoms with Crippen molar-refractivity contribution < 1.29 is 4.79 Å². The lowest BCUT2D eigenvalue weighted by atomic mass is 10.0. The summed E-state index contributed by atoms with van der Waals surface area (Å²) in [5.74, 6) is -1.34. The first-order valence-corrected chi connectivity index (χ1v) is 9.47. The van der Waals surface area contributed by atoms with E-state index in [-0.39, 0.29) is 0 Å². The van der Waals surface area contributed by atoms with E-state index in [9.17, 15) is 10.1 Å². The van der Waals surface area contributed by atoms with E-state index in [1.54, 1.807) is 30.5 Å². The summed E-state index contributed by atoms with van der Waals surface area (Å²) in [5, 5.41) is 13.5. The van der Waals surface area contributed by atoms with Crippen LogP contribution in [0.3, 0.4) is 0 Å². The highest BCUT2D eigenvalue weighted by atomic mass is 16.2. The van der Waals surface area contributed by atoms with E-state index in [1.165, 1.54) is 11.1 Å². The molecule has 0 unspecified atom stereocenters. The molecule has 2 aromatic carbocycles. The molecule has 0 fully saturated rings. The van der Waals surface area contributed by atoms with E-state index in [0.29, 0.717) is 5.56 Å². The molecule has 3 aromatic rings. The van der Waals surface area contributed by atoms with E-state index in [2.05, 4.69) is 47.1 Å². The molecular formula is C24H24N4O. The second kappa shape index (κ2) is 8.57. The molecule has 1 amide bonds. The first-order valence-electron chi connectivity index (χ1n) is 9.47. The maximum atomic E-state index is 12.4. The van der Waals surface area contributed by atoms with Crippen LogP contribution < -0.4 is 5.43 Å². The van der Waals surface area contributed by atoms with Gasteiger partial charge in [-0.1, -0.05) is 42.5 Å². The monoisotopic (exact) mass is 384 g/mol. The molecule has 1 heterocycles. The van der Waals surface area contributed by atoms with Crippen LogP contribution in [0, 0.1) is 39.0 Å². The van der Waals surface area contributed by atoms with Gasteiger partial charge in [0.15, 0.2) is 5.92 Å². The Kier molecular flexibility index (Phi) is 5.94. The van der Waals surface area contributed by atoms with Gasteiger partial charge in [0, 0.05) is 22.6 Å². The fourth-order valence-corrected chi connectivity index (χ4v) is 3.43. The van der Waals surface area contributed by atoms with E-state index < -0.39 is 11.8 Å². The van der Waals surface area contributed by atoms with Crippen molar-refractivity contribution in [3.05, 3.63) is 88.2 Å². The Morgan fingerprint density at radius 2 is 1.83 bits per heavy atom. The Morgan fingerprint density at radius 3 is 2.52 bits per heavy atom. The molecule has 1 aromatic heterocycles. The second-order valence-corrected chi connectivity index (χ2v) is 7.09. The first-order chi connectivity index (χ1) is 13.9. The number of hydrogen-bond acceptors (Lipinski definition) is 3. The zero-order chi connectivity index (χ0) is 21.0. The van der Waals surface area contributed by atoms with Crippen LogP contribution in [0.5, 0.6) is 0 Å². The number of aryl methyl sites for hydroxylation is 2. The van der Waals surface area contributed by atoms with Gasteiger partial charge >= 0.3 is 0 Å². The van der Waals surface area contributed by atoms with E-state index in [4.69, 9.17) is 0 Å². The minimum Gasteiger partial charge on any atom is -0.318 e. The third kappa shape index (κ3) is 4.12. The molecule has 5 heteroatoms. The van der Waals surface area contributed by atoms with Gasteiger partial charge in [0.1, 0.15) is 0 Å². The lowest BCUT2D eigenvalue weighted by Gasteiger charge is -2.14. The van der Waals surface area contributed by atoms with Crippen LogP contribution in [0.2, 0.25) is 0 Å². The van der Waals surface area contributed by atoms with Crippen LogP contribution in [-0.4, -0.2) is 16.7 Å². The number of rotatable bonds is 5. The van der Waals surface area contributed by atoms with E-state index >= 15 is 0 Å². The Bertz CT molecular complexity index is 1100. The zero-order valence-electron chi connectivity index (χ0n) is 17.1. The number of amides is 1. The average Bonchev–Trinajstić information content (AvgIpc) is 2.99. The molecule has 0 spiro atoms. The summed E-state index contributed by atoms with van der Waals surface area (Å²) in [5.41, 5.74) is 9.78. The van der Waals surface area contributed by atoms with Crippen LogP contribution in [-0.2, 0) is 4.79 Å². The molecule has 0 bridgehead atoms. The highest BCUT2D eigenvalue weighted by Crippen LogP contribution is 2.24. The third-order valence-corrected chi connectivity index (χ3v) is 5.19. The normalized spacial score (nSPS) is 12.0. The largest absolute Gasteiger partial charge is 0.318 e. The molecule has 1 atom stereocenters. The molecule has 0 aliphatic heterocycles. The summed E-state index contributed by atoms with van der Waals surface area (Å²) in [6.45, 7) is 8.29. The molecule has 1 N–H and O–H groups in total. The van der Waals surface area contributed by atoms with Gasteiger partial charge in [-0.15, -0.1) is 0 Å². The lowest BCUT2D eigenvalue weighted by molar-refractivity contribution is -0.121. The quantitative estimate of drug-likeness (QED) is 0.521. The van der Waals surface area contributed by atoms with Crippen molar-refractivity contribution in [3.8, 4) is 11.8 Å². The molecule has 3 rings (SSSR count). The van der Waals surface area contributed by atoms with Crippen LogP contribution in [0.1, 0.15) is 39.6 Å². The Morgan fingerprint density at radius 1 is 1.10 bits per heavy atom. The smallest absolute Gasteiger partial charge is 0.261 e. The number of aromatic nitrogens is 1. The predicted molar refractivity (Wildman–Crippen MR) is 115 cm³/mol. The minimum atomic E-state index is -0.893. The summed E-state index contributed by atoms with van der Waals surface area (Å²) in [6.07, 6.45) is 1.63. The molecule has 0 saturated carbocycles. The molecule has 29 heavy (non-hydrogen) atoms. The van der Waals surface area contributed by atoms with Gasteiger partial charge < -0.3 is 4.57 Å². The number of nitrogens with one attached hydrogen (secondary N) is 1. The summed E-state index contributed by atoms with van der Waals surface area (Å²) in [7, 11) is 0. The Labute approximate surface area is 171 Å². The van der Waals surface area contributed by atoms with Gasteiger partial charge in [0.2, 0.25) is 0 Å². The third-order valence-electron chi connectivity index (χ3n) is 5.19. The van der Waals surface area contributed by atoms with Crippen molar-refractivity contribution in [2.45, 2.75) is 33.6 Å². The van der Waals surface area contributed by atoms with Crippen molar-refractivity contribution in [3.63, 3.8) is 0 Å². The maximum Gasteiger partial charge on any atom is 0.261 e. The molecule has 146 valence electrons. The zero-order valence-corrected chi connectivity index (χ0v) is 17.1. The molecule has 5 nitrogen and oxygen atoms in total. The standard InChI is InChI=1S/C24H24N4O/c1-16-9-8-12-23(18(16)3)28-17(2)13-21(19(28)4)15-26-27-24(29)22(14-25)20-10-6-5-7-11-20/h5-13,15,22H,1-4H3,(H,27,29)/b26-15-/t22-/m1/s1. The molecule has 0 aliphatic rings. The van der Waals surface area contributed by atoms with Gasteiger partial charge in [-0.3, -0.25) is 4.79 Å². The molecule has 0 aliphatic carbocycles. The maximum absolute atomic E-state index is 12.4. The fourth-order valence-electron chi connectivity index (χ4n) is 3.43. The summed E-state index contributed by atoms with van der Waals surface area (Å²) >= 11 is 0. The number of carbonyl (C=O) groups excluding carboxylic acids is 1. The number of nitrogens with zero attached hydrogens (tertiary/aromatic N) is 3. The van der Waals surface area contributed by atoms with Crippen molar-refractivity contribution in [2.24, 2.45) is 5.10 Å². The number of carbonyl (C=O) groups is 1. The van der Waals surface area contributed by atoms with Crippen molar-refractivity contribution in [1.29, 1.82) is 5.26 Å². The number of hydrogen-bond donors (Lipinski definition) is 1. The van der Waals surface area contributed by atoms with Gasteiger partial charge in [-0.05, 0) is 56.5 Å². The van der Waals surface area contributed by atoms with Gasteiger partial charge in [0.05, 0.1) is 12.3 Å². The van der Waals surface area contributed by atoms with Crippen molar-refractivity contribution in [2.75, 3.05) is 0 Å². The van der Waals surface area contributed by atoms with Crippen LogP contribution in [0.15, 0.2) is 59.7 Å². The number of benzene rings is 2. The number of nitriles is 1. The predicted octanol–water partition coefficient (Wildman–Crippen LogP) is 4.47. The van der Waals surface area contributed by atoms with Crippen LogP contribution in [0.25, 0.3) is 5.69 Å². The topological polar surface area (TPSA) is 70.2 Å². The first kappa shape index (κ1) is 20.1. The summed E-state index contributed by atoms with van der Waals surface area (Å²) in [4.78, 5) is 12.4. The van der Waals surface area contributed by atoms with E-state index in [0.717, 1.165) is 22.6 Å². The van der Waals surface area contributed by atoms with Crippen LogP contribution >= 0.6 is 0 Å². The van der Waals surface area contributed by atoms with Crippen LogP contribution in [0.4, 0.5) is 0 Å². The lowest BCUT2D eigenvalue weighted by Crippen LogP contribution is -2.24. The van der Waals surface area contributed by atoms with E-state index in [1.807, 2.05) is 32.0 Å². The summed E-state index contributed by atoms with van der Waals surface area (Å²) < 4.78 is 2.19. The van der Waals surface area contributed by atoms with Gasteiger partial charge in [0.25, 0.3) is 5.91 Å². The number of hydrazone groups is 1. The Hall–Kier alpha value is -3.65. The second-order valence-electron chi connectivity index (χ2n) is 7.09. The fraction of sp³-hybridized carbons (Fsp3) is 0.208. The van der Waals surface area contributed by atoms with Gasteiger partial charge in [-0.25, -0.2) is 5.43 Å². The minimum absolute atomic E-state index is 0.446. The molecule has 0 saturated heterocycles. The van der Waals surface area contributed by atoms with Crippen molar-refractivity contribution in [1.82, 2.24) is 9.99 Å². The highest BCUT2D eigenvalue weighted by Gasteiger charge is 2.19. The molecular weight excluding hydrogens is 360 g/mol. The van der Waals surface area contributed by atoms with Gasteiger partial charge in [-0.2, -0.15) is 10.4 Å². The van der Waals surface area contributed by atoms with Crippen molar-refractivity contribution >= 4 is 12.1 Å². The summed E-state index contributed by atoms with van der Waals surface area (Å²) in [6, 6.07) is 19.3. The Balaban J connectivity index is 1.81. The highest BCUT2D eigenvalue weighted by molar-refractivity contribution is 5.88. The average molecular weight is 384 g/mol. The molecule has 0 radical (unpaired) electrons.